The molecular weight excluding hydrogens is 552 g/mol. The van der Waals surface area contributed by atoms with Gasteiger partial charge in [0.2, 0.25) is 12.6 Å². The Morgan fingerprint density at radius 2 is 0.976 bits per heavy atom. The molecule has 6 rings (SSSR count). The molecule has 8 N–H and O–H groups in total. The van der Waals surface area contributed by atoms with Crippen LogP contribution in [0.2, 0.25) is 0 Å². The Kier molecular flexibility index (Phi) is 7.98. The summed E-state index contributed by atoms with van der Waals surface area (Å²) in [6.07, 6.45) is -11.0. The van der Waals surface area contributed by atoms with Crippen molar-refractivity contribution in [2.24, 2.45) is 0 Å². The first-order chi connectivity index (χ1) is 20.0. The number of hydrogen-bond donors (Lipinski definition) is 8. The van der Waals surface area contributed by atoms with Crippen LogP contribution < -0.4 is 9.47 Å². The Balaban J connectivity index is 1.32. The fourth-order valence-electron chi connectivity index (χ4n) is 6.72. The van der Waals surface area contributed by atoms with Crippen LogP contribution in [-0.2, 0) is 35.2 Å². The van der Waals surface area contributed by atoms with Crippen LogP contribution in [0.15, 0.2) is 12.1 Å². The summed E-state index contributed by atoms with van der Waals surface area (Å²) in [7, 11) is 0. The second-order valence-electron chi connectivity index (χ2n) is 11.7. The Hall–Kier alpha value is -2.36. The highest BCUT2D eigenvalue weighted by atomic mass is 16.7. The zero-order valence-electron chi connectivity index (χ0n) is 23.4. The number of ether oxygens (including phenoxy) is 4. The molecule has 2 aliphatic heterocycles. The van der Waals surface area contributed by atoms with Crippen LogP contribution in [0.1, 0.15) is 33.4 Å². The standard InChI is InChI=1S/C30H38O12/c1-11-15-5-3-14-8-18(40-30-28(38)26(36)24(34)20(10-32)42-30)12(2)16-6-4-13(21(15)22(14)16)7-17(11)39-29-27(37)25(35)23(33)19(9-31)41-29/h7-8,19-20,23-38H,3-6,9-10H2,1-2H3/t19-,20-,23-,24-,25+,26+,27-,28-,29-,30-/m1/s1. The Morgan fingerprint density at radius 1 is 0.595 bits per heavy atom. The predicted molar refractivity (Wildman–Crippen MR) is 145 cm³/mol. The molecule has 12 heteroatoms. The zero-order valence-corrected chi connectivity index (χ0v) is 23.4. The molecule has 2 saturated heterocycles. The van der Waals surface area contributed by atoms with E-state index in [1.54, 1.807) is 0 Å². The van der Waals surface area contributed by atoms with E-state index in [2.05, 4.69) is 0 Å². The van der Waals surface area contributed by atoms with Crippen molar-refractivity contribution >= 4 is 0 Å². The highest BCUT2D eigenvalue weighted by Gasteiger charge is 2.46. The monoisotopic (exact) mass is 590 g/mol. The molecule has 0 aromatic heterocycles. The van der Waals surface area contributed by atoms with Gasteiger partial charge in [-0.1, -0.05) is 0 Å². The molecule has 10 atom stereocenters. The largest absolute Gasteiger partial charge is 0.462 e. The van der Waals surface area contributed by atoms with Gasteiger partial charge in [-0.25, -0.2) is 0 Å². The number of benzene rings is 2. The molecule has 0 bridgehead atoms. The van der Waals surface area contributed by atoms with Crippen molar-refractivity contribution in [1.82, 2.24) is 0 Å². The molecule has 0 amide bonds. The van der Waals surface area contributed by atoms with Gasteiger partial charge in [-0.3, -0.25) is 0 Å². The number of aliphatic hydroxyl groups excluding tert-OH is 8. The van der Waals surface area contributed by atoms with Crippen molar-refractivity contribution in [3.05, 3.63) is 45.5 Å². The highest BCUT2D eigenvalue weighted by molar-refractivity contribution is 5.84. The SMILES string of the molecule is Cc1c(O[C@@H]2O[C@H](CO)[C@@H](O)[C@H](O)[C@H]2O)cc2c3c1CCc1cc(O[C@@H]4O[C@H](CO)[C@@H](O)[C@H](O)[C@H]4O)c(C)c(c1-3)CC2. The summed E-state index contributed by atoms with van der Waals surface area (Å²) >= 11 is 0. The molecule has 2 heterocycles. The first kappa shape index (κ1) is 29.7. The number of rotatable bonds is 6. The lowest BCUT2D eigenvalue weighted by Crippen LogP contribution is -2.60. The third-order valence-corrected chi connectivity index (χ3v) is 9.22. The molecule has 2 aliphatic carbocycles. The van der Waals surface area contributed by atoms with Crippen LogP contribution in [0, 0.1) is 13.8 Å². The van der Waals surface area contributed by atoms with Gasteiger partial charge in [-0.2, -0.15) is 0 Å². The van der Waals surface area contributed by atoms with Crippen LogP contribution in [0.5, 0.6) is 11.5 Å². The van der Waals surface area contributed by atoms with E-state index >= 15 is 0 Å². The van der Waals surface area contributed by atoms with Crippen molar-refractivity contribution in [3.63, 3.8) is 0 Å². The van der Waals surface area contributed by atoms with Gasteiger partial charge < -0.3 is 59.8 Å². The molecule has 0 unspecified atom stereocenters. The number of aliphatic hydroxyl groups is 8. The van der Waals surface area contributed by atoms with Crippen LogP contribution >= 0.6 is 0 Å². The minimum atomic E-state index is -1.53. The fraction of sp³-hybridized carbons (Fsp3) is 0.600. The van der Waals surface area contributed by atoms with Gasteiger partial charge in [-0.15, -0.1) is 0 Å². The first-order valence-corrected chi connectivity index (χ1v) is 14.3. The molecule has 2 aromatic carbocycles. The van der Waals surface area contributed by atoms with Crippen LogP contribution in [0.25, 0.3) is 11.1 Å². The lowest BCUT2D eigenvalue weighted by atomic mass is 9.73. The average Bonchev–Trinajstić information content (AvgIpc) is 2.99. The molecule has 2 fully saturated rings. The van der Waals surface area contributed by atoms with Gasteiger partial charge in [0.15, 0.2) is 0 Å². The molecular formula is C30H38O12. The van der Waals surface area contributed by atoms with Gasteiger partial charge in [0.05, 0.1) is 13.2 Å². The maximum absolute atomic E-state index is 10.5. The average molecular weight is 591 g/mol. The summed E-state index contributed by atoms with van der Waals surface area (Å²) in [5.74, 6) is 0.999. The topological polar surface area (TPSA) is 199 Å². The van der Waals surface area contributed by atoms with Gasteiger partial charge in [0, 0.05) is 0 Å². The minimum Gasteiger partial charge on any atom is -0.462 e. The van der Waals surface area contributed by atoms with Crippen LogP contribution in [-0.4, -0.2) is 115 Å². The molecule has 12 nitrogen and oxygen atoms in total. The van der Waals surface area contributed by atoms with Crippen molar-refractivity contribution < 1.29 is 59.8 Å². The first-order valence-electron chi connectivity index (χ1n) is 14.3. The second-order valence-corrected chi connectivity index (χ2v) is 11.7. The van der Waals surface area contributed by atoms with Crippen molar-refractivity contribution in [2.75, 3.05) is 13.2 Å². The van der Waals surface area contributed by atoms with E-state index in [1.807, 2.05) is 26.0 Å². The van der Waals surface area contributed by atoms with Crippen molar-refractivity contribution in [1.29, 1.82) is 0 Å². The molecule has 2 aromatic rings. The zero-order chi connectivity index (χ0) is 30.0. The smallest absolute Gasteiger partial charge is 0.229 e. The quantitative estimate of drug-likeness (QED) is 0.195. The lowest BCUT2D eigenvalue weighted by Gasteiger charge is -2.40. The van der Waals surface area contributed by atoms with Crippen molar-refractivity contribution in [2.45, 2.75) is 101 Å². The normalized spacial score (nSPS) is 35.5. The van der Waals surface area contributed by atoms with E-state index in [0.717, 1.165) is 44.5 Å². The van der Waals surface area contributed by atoms with E-state index in [1.165, 1.54) is 0 Å². The van der Waals surface area contributed by atoms with Crippen LogP contribution in [0.4, 0.5) is 0 Å². The van der Waals surface area contributed by atoms with Gasteiger partial charge in [0.25, 0.3) is 0 Å². The molecule has 0 spiro atoms. The third-order valence-electron chi connectivity index (χ3n) is 9.22. The maximum atomic E-state index is 10.5. The lowest BCUT2D eigenvalue weighted by molar-refractivity contribution is -0.277. The summed E-state index contributed by atoms with van der Waals surface area (Å²) in [6.45, 7) is 2.77. The summed E-state index contributed by atoms with van der Waals surface area (Å²) in [5.41, 5.74) is 8.30. The predicted octanol–water partition coefficient (Wildman–Crippen LogP) is -1.47. The van der Waals surface area contributed by atoms with Gasteiger partial charge in [0.1, 0.15) is 60.3 Å². The molecule has 230 valence electrons. The van der Waals surface area contributed by atoms with E-state index in [-0.39, 0.29) is 0 Å². The van der Waals surface area contributed by atoms with Gasteiger partial charge in [-0.05, 0) is 96.2 Å². The minimum absolute atomic E-state index is 0.499. The number of aryl methyl sites for hydroxylation is 2. The maximum Gasteiger partial charge on any atom is 0.229 e. The molecule has 4 aliphatic rings. The van der Waals surface area contributed by atoms with E-state index in [9.17, 15) is 40.9 Å². The summed E-state index contributed by atoms with van der Waals surface area (Å²) in [5, 5.41) is 80.7. The van der Waals surface area contributed by atoms with Crippen molar-refractivity contribution in [3.8, 4) is 22.6 Å². The molecule has 0 saturated carbocycles. The van der Waals surface area contributed by atoms with E-state index < -0.39 is 74.6 Å². The summed E-state index contributed by atoms with van der Waals surface area (Å²) < 4.78 is 23.3. The third kappa shape index (κ3) is 4.70. The summed E-state index contributed by atoms with van der Waals surface area (Å²) in [6, 6.07) is 3.84. The Bertz CT molecular complexity index is 1240. The Morgan fingerprint density at radius 3 is 1.33 bits per heavy atom. The van der Waals surface area contributed by atoms with E-state index in [0.29, 0.717) is 37.2 Å². The highest BCUT2D eigenvalue weighted by Crippen LogP contribution is 2.49. The van der Waals surface area contributed by atoms with Crippen LogP contribution in [0.3, 0.4) is 0 Å². The molecule has 0 radical (unpaired) electrons. The summed E-state index contributed by atoms with van der Waals surface area (Å²) in [4.78, 5) is 0. The Labute approximate surface area is 242 Å². The second kappa shape index (κ2) is 11.3. The van der Waals surface area contributed by atoms with Gasteiger partial charge >= 0.3 is 0 Å². The number of hydrogen-bond acceptors (Lipinski definition) is 12. The van der Waals surface area contributed by atoms with E-state index in [4.69, 9.17) is 18.9 Å². The fourth-order valence-corrected chi connectivity index (χ4v) is 6.72. The molecule has 42 heavy (non-hydrogen) atoms.